The minimum atomic E-state index is 0. The van der Waals surface area contributed by atoms with Crippen LogP contribution in [0.2, 0.25) is 5.02 Å². The van der Waals surface area contributed by atoms with E-state index in [0.717, 1.165) is 54.0 Å². The van der Waals surface area contributed by atoms with Crippen LogP contribution in [-0.4, -0.2) is 29.0 Å². The van der Waals surface area contributed by atoms with Gasteiger partial charge in [-0.3, -0.25) is 4.90 Å². The van der Waals surface area contributed by atoms with Crippen LogP contribution >= 0.6 is 36.4 Å². The Hall–Kier alpha value is -0.780. The van der Waals surface area contributed by atoms with E-state index in [4.69, 9.17) is 21.8 Å². The average molecular weight is 407 g/mol. The first kappa shape index (κ1) is 22.3. The van der Waals surface area contributed by atoms with Gasteiger partial charge in [-0.1, -0.05) is 25.4 Å². The first-order valence-corrected chi connectivity index (χ1v) is 8.43. The molecule has 7 heteroatoms. The Bertz CT molecular complexity index is 685. The molecule has 0 amide bonds. The van der Waals surface area contributed by atoms with Crippen LogP contribution in [0, 0.1) is 12.3 Å². The minimum absolute atomic E-state index is 0. The Balaban J connectivity index is 0.00000156. The summed E-state index contributed by atoms with van der Waals surface area (Å²) in [6.45, 7) is 9.11. The maximum absolute atomic E-state index is 6.21. The van der Waals surface area contributed by atoms with Crippen LogP contribution in [0.15, 0.2) is 28.7 Å². The van der Waals surface area contributed by atoms with Crippen molar-refractivity contribution < 1.29 is 4.42 Å². The lowest BCUT2D eigenvalue weighted by Gasteiger charge is -2.42. The quantitative estimate of drug-likeness (QED) is 0.802. The molecule has 25 heavy (non-hydrogen) atoms. The molecule has 1 aliphatic rings. The lowest BCUT2D eigenvalue weighted by atomic mass is 9.80. The monoisotopic (exact) mass is 405 g/mol. The van der Waals surface area contributed by atoms with Gasteiger partial charge in [0.25, 0.3) is 0 Å². The summed E-state index contributed by atoms with van der Waals surface area (Å²) in [6, 6.07) is 7.92. The Morgan fingerprint density at radius 3 is 2.52 bits per heavy atom. The van der Waals surface area contributed by atoms with Gasteiger partial charge in [0.05, 0.1) is 12.2 Å². The highest BCUT2D eigenvalue weighted by atomic mass is 35.5. The normalized spacial score (nSPS) is 19.8. The van der Waals surface area contributed by atoms with Crippen LogP contribution in [0.5, 0.6) is 0 Å². The summed E-state index contributed by atoms with van der Waals surface area (Å²) in [5.74, 6) is 1.59. The van der Waals surface area contributed by atoms with Crippen molar-refractivity contribution >= 4 is 36.4 Å². The Morgan fingerprint density at radius 2 is 1.92 bits per heavy atom. The summed E-state index contributed by atoms with van der Waals surface area (Å²) >= 11 is 5.95. The Kier molecular flexibility index (Phi) is 7.78. The third-order valence-electron chi connectivity index (χ3n) is 4.70. The van der Waals surface area contributed by atoms with Gasteiger partial charge in [-0.15, -0.1) is 24.8 Å². The summed E-state index contributed by atoms with van der Waals surface area (Å²) < 4.78 is 6.01. The number of aromatic nitrogens is 1. The molecule has 0 radical (unpaired) electrons. The highest BCUT2D eigenvalue weighted by Gasteiger charge is 2.33. The number of piperidine rings is 1. The molecule has 0 spiro atoms. The summed E-state index contributed by atoms with van der Waals surface area (Å²) in [5.41, 5.74) is 8.25. The molecule has 2 N–H and O–H groups in total. The predicted octanol–water partition coefficient (Wildman–Crippen LogP) is 4.71. The number of hydrogen-bond donors (Lipinski definition) is 1. The lowest BCUT2D eigenvalue weighted by Crippen LogP contribution is -2.52. The summed E-state index contributed by atoms with van der Waals surface area (Å²) in [7, 11) is 0. The van der Waals surface area contributed by atoms with Crippen LogP contribution in [0.4, 0.5) is 0 Å². The van der Waals surface area contributed by atoms with Crippen molar-refractivity contribution in [1.82, 2.24) is 9.88 Å². The van der Waals surface area contributed by atoms with Gasteiger partial charge in [0.15, 0.2) is 5.76 Å². The minimum Gasteiger partial charge on any atom is -0.439 e. The molecule has 0 saturated carbocycles. The molecule has 1 aliphatic heterocycles. The van der Waals surface area contributed by atoms with Crippen molar-refractivity contribution in [1.29, 1.82) is 0 Å². The molecule has 1 aromatic carbocycles. The van der Waals surface area contributed by atoms with E-state index in [-0.39, 0.29) is 36.3 Å². The third-order valence-corrected chi connectivity index (χ3v) is 4.95. The Morgan fingerprint density at radius 1 is 1.28 bits per heavy atom. The van der Waals surface area contributed by atoms with Crippen molar-refractivity contribution in [2.45, 2.75) is 39.8 Å². The zero-order chi connectivity index (χ0) is 16.6. The van der Waals surface area contributed by atoms with Gasteiger partial charge < -0.3 is 10.2 Å². The highest BCUT2D eigenvalue weighted by Crippen LogP contribution is 2.30. The largest absolute Gasteiger partial charge is 0.439 e. The molecule has 0 aliphatic carbocycles. The van der Waals surface area contributed by atoms with Gasteiger partial charge >= 0.3 is 0 Å². The SMILES string of the molecule is Cc1nc(CN2CCC(N)C(C)(C)C2)oc1-c1ccc(Cl)cc1.Cl.Cl. The van der Waals surface area contributed by atoms with Gasteiger partial charge in [-0.05, 0) is 43.0 Å². The van der Waals surface area contributed by atoms with Gasteiger partial charge in [-0.2, -0.15) is 0 Å². The van der Waals surface area contributed by atoms with Gasteiger partial charge in [0.2, 0.25) is 5.89 Å². The van der Waals surface area contributed by atoms with E-state index in [0.29, 0.717) is 0 Å². The molecule has 2 aromatic rings. The Labute approximate surface area is 166 Å². The second-order valence-electron chi connectivity index (χ2n) is 7.12. The van der Waals surface area contributed by atoms with Crippen molar-refractivity contribution in [3.63, 3.8) is 0 Å². The maximum atomic E-state index is 6.21. The molecule has 1 saturated heterocycles. The summed E-state index contributed by atoms with van der Waals surface area (Å²) in [6.07, 6.45) is 1.01. The first-order chi connectivity index (χ1) is 10.8. The molecule has 2 heterocycles. The number of nitrogens with two attached hydrogens (primary N) is 1. The van der Waals surface area contributed by atoms with Crippen molar-refractivity contribution in [3.8, 4) is 11.3 Å². The standard InChI is InChI=1S/C18H24ClN3O.2ClH/c1-12-17(13-4-6-14(19)7-5-13)23-16(21-12)10-22-9-8-15(20)18(2,3)11-22;;/h4-7,15H,8-11,20H2,1-3H3;2*1H. The summed E-state index contributed by atoms with van der Waals surface area (Å²) in [4.78, 5) is 6.97. The smallest absolute Gasteiger partial charge is 0.209 e. The fourth-order valence-corrected chi connectivity index (χ4v) is 3.33. The van der Waals surface area contributed by atoms with Gasteiger partial charge in [-0.25, -0.2) is 4.98 Å². The van der Waals surface area contributed by atoms with Crippen LogP contribution < -0.4 is 5.73 Å². The van der Waals surface area contributed by atoms with Crippen LogP contribution in [0.25, 0.3) is 11.3 Å². The number of aryl methyl sites for hydroxylation is 1. The van der Waals surface area contributed by atoms with E-state index < -0.39 is 0 Å². The topological polar surface area (TPSA) is 55.3 Å². The predicted molar refractivity (Wildman–Crippen MR) is 108 cm³/mol. The van der Waals surface area contributed by atoms with Crippen LogP contribution in [0.1, 0.15) is 31.9 Å². The fraction of sp³-hybridized carbons (Fsp3) is 0.500. The molecule has 3 rings (SSSR count). The first-order valence-electron chi connectivity index (χ1n) is 8.05. The zero-order valence-corrected chi connectivity index (χ0v) is 17.2. The van der Waals surface area contributed by atoms with E-state index in [1.807, 2.05) is 31.2 Å². The molecular formula is C18H26Cl3N3O. The molecule has 1 atom stereocenters. The fourth-order valence-electron chi connectivity index (χ4n) is 3.20. The van der Waals surface area contributed by atoms with Gasteiger partial charge in [0.1, 0.15) is 0 Å². The number of benzene rings is 1. The van der Waals surface area contributed by atoms with E-state index in [1.54, 1.807) is 0 Å². The molecular weight excluding hydrogens is 381 g/mol. The van der Waals surface area contributed by atoms with Crippen molar-refractivity contribution in [3.05, 3.63) is 40.9 Å². The van der Waals surface area contributed by atoms with Gasteiger partial charge in [0, 0.05) is 29.7 Å². The molecule has 140 valence electrons. The number of rotatable bonds is 3. The highest BCUT2D eigenvalue weighted by molar-refractivity contribution is 6.30. The number of oxazole rings is 1. The average Bonchev–Trinajstić information content (AvgIpc) is 2.84. The van der Waals surface area contributed by atoms with E-state index >= 15 is 0 Å². The summed E-state index contributed by atoms with van der Waals surface area (Å²) in [5, 5.41) is 0.720. The molecule has 1 aromatic heterocycles. The molecule has 1 fully saturated rings. The molecule has 1 unspecified atom stereocenters. The van der Waals surface area contributed by atoms with Crippen LogP contribution in [0.3, 0.4) is 0 Å². The number of halogens is 3. The second kappa shape index (κ2) is 8.74. The molecule has 4 nitrogen and oxygen atoms in total. The zero-order valence-electron chi connectivity index (χ0n) is 14.8. The van der Waals surface area contributed by atoms with E-state index in [9.17, 15) is 0 Å². The number of likely N-dealkylation sites (tertiary alicyclic amines) is 1. The number of hydrogen-bond acceptors (Lipinski definition) is 4. The maximum Gasteiger partial charge on any atom is 0.209 e. The number of nitrogens with zero attached hydrogens (tertiary/aromatic N) is 2. The molecule has 0 bridgehead atoms. The van der Waals surface area contributed by atoms with E-state index in [1.165, 1.54) is 0 Å². The van der Waals surface area contributed by atoms with Crippen LogP contribution in [-0.2, 0) is 6.54 Å². The third kappa shape index (κ3) is 5.11. The van der Waals surface area contributed by atoms with Crippen molar-refractivity contribution in [2.75, 3.05) is 13.1 Å². The van der Waals surface area contributed by atoms with Crippen molar-refractivity contribution in [2.24, 2.45) is 11.1 Å². The second-order valence-corrected chi connectivity index (χ2v) is 7.56. The lowest BCUT2D eigenvalue weighted by molar-refractivity contribution is 0.0832. The van der Waals surface area contributed by atoms with E-state index in [2.05, 4.69) is 23.7 Å².